The van der Waals surface area contributed by atoms with Crippen LogP contribution in [0.1, 0.15) is 11.3 Å². The van der Waals surface area contributed by atoms with E-state index in [4.69, 9.17) is 0 Å². The maximum atomic E-state index is 11.0. The van der Waals surface area contributed by atoms with Crippen molar-refractivity contribution in [3.05, 3.63) is 44.4 Å². The molecule has 0 saturated heterocycles. The molecular formula is C12H8BrN3O2. The number of nitrogens with one attached hydrogen (secondary N) is 2. The summed E-state index contributed by atoms with van der Waals surface area (Å²) in [5.41, 5.74) is 2.55. The number of aromatic amines is 2. The Balaban J connectivity index is 2.09. The number of aromatic hydroxyl groups is 1. The Bertz CT molecular complexity index is 740. The number of hydrogen-bond donors (Lipinski definition) is 3. The van der Waals surface area contributed by atoms with E-state index in [2.05, 4.69) is 30.9 Å². The van der Waals surface area contributed by atoms with Crippen molar-refractivity contribution in [2.24, 2.45) is 4.99 Å². The van der Waals surface area contributed by atoms with E-state index in [-0.39, 0.29) is 5.88 Å². The largest absolute Gasteiger partial charge is 0.493 e. The molecule has 5 nitrogen and oxygen atoms in total. The van der Waals surface area contributed by atoms with E-state index in [1.807, 2.05) is 18.2 Å². The standard InChI is InChI=1S/C12H8BrN3O2/c13-7-1-2-8-6(5-14-9(8)4-7)3-10-11(17)16-12(18)15-10/h1-5,17H,(H2,15,16,18)/b6-3+. The molecule has 0 bridgehead atoms. The number of rotatable bonds is 1. The van der Waals surface area contributed by atoms with Crippen LogP contribution in [0.5, 0.6) is 5.88 Å². The minimum absolute atomic E-state index is 0.175. The zero-order chi connectivity index (χ0) is 12.7. The highest BCUT2D eigenvalue weighted by atomic mass is 79.9. The lowest BCUT2D eigenvalue weighted by Gasteiger charge is -1.99. The monoisotopic (exact) mass is 305 g/mol. The van der Waals surface area contributed by atoms with Gasteiger partial charge in [-0.1, -0.05) is 22.0 Å². The van der Waals surface area contributed by atoms with Crippen molar-refractivity contribution in [2.45, 2.75) is 0 Å². The summed E-state index contributed by atoms with van der Waals surface area (Å²) < 4.78 is 0.956. The summed E-state index contributed by atoms with van der Waals surface area (Å²) >= 11 is 3.38. The van der Waals surface area contributed by atoms with Crippen LogP contribution < -0.4 is 5.69 Å². The summed E-state index contributed by atoms with van der Waals surface area (Å²) in [6.45, 7) is 0. The average molecular weight is 306 g/mol. The third-order valence-electron chi connectivity index (χ3n) is 2.65. The Kier molecular flexibility index (Phi) is 2.45. The fraction of sp³-hybridized carbons (Fsp3) is 0. The molecular weight excluding hydrogens is 298 g/mol. The molecule has 0 atom stereocenters. The van der Waals surface area contributed by atoms with E-state index in [1.165, 1.54) is 0 Å². The lowest BCUT2D eigenvalue weighted by molar-refractivity contribution is 0.454. The van der Waals surface area contributed by atoms with Gasteiger partial charge in [-0.2, -0.15) is 0 Å². The number of imidazole rings is 1. The lowest BCUT2D eigenvalue weighted by Crippen LogP contribution is -2.00. The number of fused-ring (bicyclic) bond motifs is 1. The van der Waals surface area contributed by atoms with Crippen LogP contribution in [0.4, 0.5) is 5.69 Å². The predicted molar refractivity (Wildman–Crippen MR) is 73.2 cm³/mol. The number of aromatic nitrogens is 2. The molecule has 0 saturated carbocycles. The molecule has 3 rings (SSSR count). The first-order valence-corrected chi connectivity index (χ1v) is 6.00. The van der Waals surface area contributed by atoms with Crippen LogP contribution in [0.25, 0.3) is 11.6 Å². The number of H-pyrrole nitrogens is 2. The quantitative estimate of drug-likeness (QED) is 0.756. The summed E-state index contributed by atoms with van der Waals surface area (Å²) in [4.78, 5) is 20.1. The Morgan fingerprint density at radius 3 is 2.89 bits per heavy atom. The van der Waals surface area contributed by atoms with Crippen LogP contribution >= 0.6 is 15.9 Å². The maximum Gasteiger partial charge on any atom is 0.326 e. The number of allylic oxidation sites excluding steroid dienone is 1. The van der Waals surface area contributed by atoms with Gasteiger partial charge in [-0.05, 0) is 18.2 Å². The van der Waals surface area contributed by atoms with E-state index >= 15 is 0 Å². The van der Waals surface area contributed by atoms with Crippen LogP contribution in [-0.4, -0.2) is 21.3 Å². The number of hydrogen-bond acceptors (Lipinski definition) is 3. The van der Waals surface area contributed by atoms with E-state index in [0.717, 1.165) is 21.3 Å². The predicted octanol–water partition coefficient (Wildman–Crippen LogP) is 2.43. The fourth-order valence-corrected chi connectivity index (χ4v) is 2.18. The summed E-state index contributed by atoms with van der Waals surface area (Å²) in [7, 11) is 0. The van der Waals surface area contributed by atoms with Gasteiger partial charge in [0.1, 0.15) is 5.69 Å². The van der Waals surface area contributed by atoms with Gasteiger partial charge in [-0.3, -0.25) is 9.98 Å². The molecule has 0 unspecified atom stereocenters. The number of benzene rings is 1. The van der Waals surface area contributed by atoms with E-state index in [1.54, 1.807) is 12.3 Å². The van der Waals surface area contributed by atoms with Gasteiger partial charge in [0.2, 0.25) is 5.88 Å². The number of halogens is 1. The van der Waals surface area contributed by atoms with Crippen molar-refractivity contribution in [3.63, 3.8) is 0 Å². The molecule has 2 aromatic rings. The average Bonchev–Trinajstić information content (AvgIpc) is 2.84. The van der Waals surface area contributed by atoms with Gasteiger partial charge < -0.3 is 10.1 Å². The van der Waals surface area contributed by atoms with Crippen molar-refractivity contribution >= 4 is 39.5 Å². The van der Waals surface area contributed by atoms with Crippen molar-refractivity contribution in [1.82, 2.24) is 9.97 Å². The van der Waals surface area contributed by atoms with Gasteiger partial charge >= 0.3 is 5.69 Å². The molecule has 1 aromatic carbocycles. The normalized spacial score (nSPS) is 15.3. The molecule has 3 N–H and O–H groups in total. The minimum Gasteiger partial charge on any atom is -0.493 e. The smallest absolute Gasteiger partial charge is 0.326 e. The Hall–Kier alpha value is -2.08. The SMILES string of the molecule is O=c1[nH]c(O)c(/C=C2\C=Nc3cc(Br)ccc32)[nH]1. The van der Waals surface area contributed by atoms with Crippen molar-refractivity contribution < 1.29 is 5.11 Å². The van der Waals surface area contributed by atoms with Crippen molar-refractivity contribution in [3.8, 4) is 5.88 Å². The van der Waals surface area contributed by atoms with Crippen molar-refractivity contribution in [1.29, 1.82) is 0 Å². The summed E-state index contributed by atoms with van der Waals surface area (Å²) in [6, 6.07) is 5.76. The molecule has 1 aliphatic heterocycles. The first-order valence-electron chi connectivity index (χ1n) is 5.20. The van der Waals surface area contributed by atoms with Gasteiger partial charge in [-0.15, -0.1) is 0 Å². The molecule has 18 heavy (non-hydrogen) atoms. The van der Waals surface area contributed by atoms with E-state index < -0.39 is 5.69 Å². The number of aliphatic imine (C=N–C) groups is 1. The highest BCUT2D eigenvalue weighted by Gasteiger charge is 2.13. The second-order valence-electron chi connectivity index (χ2n) is 3.86. The highest BCUT2D eigenvalue weighted by molar-refractivity contribution is 9.10. The molecule has 0 spiro atoms. The second-order valence-corrected chi connectivity index (χ2v) is 4.78. The van der Waals surface area contributed by atoms with Crippen LogP contribution in [0.3, 0.4) is 0 Å². The Morgan fingerprint density at radius 2 is 2.17 bits per heavy atom. The minimum atomic E-state index is -0.440. The zero-order valence-corrected chi connectivity index (χ0v) is 10.7. The van der Waals surface area contributed by atoms with Crippen LogP contribution in [0.15, 0.2) is 32.5 Å². The van der Waals surface area contributed by atoms with Gasteiger partial charge in [0, 0.05) is 21.8 Å². The van der Waals surface area contributed by atoms with Gasteiger partial charge in [0.25, 0.3) is 0 Å². The highest BCUT2D eigenvalue weighted by Crippen LogP contribution is 2.34. The summed E-state index contributed by atoms with van der Waals surface area (Å²) in [5, 5.41) is 9.50. The zero-order valence-electron chi connectivity index (χ0n) is 9.07. The van der Waals surface area contributed by atoms with Crippen LogP contribution in [0, 0.1) is 0 Å². The molecule has 0 fully saturated rings. The van der Waals surface area contributed by atoms with Crippen molar-refractivity contribution in [2.75, 3.05) is 0 Å². The Morgan fingerprint density at radius 1 is 1.33 bits per heavy atom. The third kappa shape index (κ3) is 1.80. The van der Waals surface area contributed by atoms with E-state index in [0.29, 0.717) is 5.69 Å². The maximum absolute atomic E-state index is 11.0. The lowest BCUT2D eigenvalue weighted by atomic mass is 10.1. The topological polar surface area (TPSA) is 81.2 Å². The van der Waals surface area contributed by atoms with Gasteiger partial charge in [0.05, 0.1) is 5.69 Å². The summed E-state index contributed by atoms with van der Waals surface area (Å²) in [5.74, 6) is -0.175. The molecule has 0 amide bonds. The van der Waals surface area contributed by atoms with Crippen LogP contribution in [-0.2, 0) is 0 Å². The molecule has 90 valence electrons. The fourth-order valence-electron chi connectivity index (χ4n) is 1.83. The molecule has 0 aliphatic carbocycles. The second kappa shape index (κ2) is 3.99. The number of nitrogens with zero attached hydrogens (tertiary/aromatic N) is 1. The molecule has 1 aromatic heterocycles. The third-order valence-corrected chi connectivity index (χ3v) is 3.14. The van der Waals surface area contributed by atoms with Gasteiger partial charge in [-0.25, -0.2) is 4.79 Å². The van der Waals surface area contributed by atoms with Gasteiger partial charge in [0.15, 0.2) is 0 Å². The summed E-state index contributed by atoms with van der Waals surface area (Å²) in [6.07, 6.45) is 3.37. The Labute approximate surface area is 110 Å². The molecule has 2 heterocycles. The van der Waals surface area contributed by atoms with E-state index in [9.17, 15) is 9.90 Å². The molecule has 0 radical (unpaired) electrons. The van der Waals surface area contributed by atoms with Crippen LogP contribution in [0.2, 0.25) is 0 Å². The first kappa shape index (κ1) is 11.0. The first-order chi connectivity index (χ1) is 8.63. The molecule has 1 aliphatic rings. The molecule has 6 heteroatoms.